The first-order chi connectivity index (χ1) is 11.5. The second-order valence-corrected chi connectivity index (χ2v) is 5.80. The van der Waals surface area contributed by atoms with Crippen molar-refractivity contribution in [3.63, 3.8) is 0 Å². The molecule has 5 nitrogen and oxygen atoms in total. The molecule has 0 saturated carbocycles. The zero-order valence-electron chi connectivity index (χ0n) is 13.4. The van der Waals surface area contributed by atoms with Gasteiger partial charge in [-0.25, -0.2) is 4.79 Å². The number of benzene rings is 2. The molecule has 0 saturated heterocycles. The quantitative estimate of drug-likeness (QED) is 0.753. The summed E-state index contributed by atoms with van der Waals surface area (Å²) in [5, 5.41) is 8.53. The highest BCUT2D eigenvalue weighted by molar-refractivity contribution is 6.31. The molecule has 0 radical (unpaired) electrons. The minimum Gasteiger partial charge on any atom is -0.350 e. The number of urea groups is 1. The van der Waals surface area contributed by atoms with Crippen molar-refractivity contribution >= 4 is 23.5 Å². The van der Waals surface area contributed by atoms with Crippen molar-refractivity contribution in [3.8, 4) is 0 Å². The Balaban J connectivity index is 1.66. The van der Waals surface area contributed by atoms with E-state index in [1.165, 1.54) is 5.56 Å². The summed E-state index contributed by atoms with van der Waals surface area (Å²) >= 11 is 6.01. The van der Waals surface area contributed by atoms with Gasteiger partial charge in [0.25, 0.3) is 0 Å². The lowest BCUT2D eigenvalue weighted by molar-refractivity contribution is -0.120. The van der Waals surface area contributed by atoms with Crippen molar-refractivity contribution in [2.24, 2.45) is 0 Å². The number of halogens is 1. The van der Waals surface area contributed by atoms with Crippen LogP contribution in [0.5, 0.6) is 0 Å². The van der Waals surface area contributed by atoms with Gasteiger partial charge in [-0.2, -0.15) is 0 Å². The van der Waals surface area contributed by atoms with Crippen LogP contribution in [-0.2, 0) is 17.9 Å². The molecular weight excluding hydrogens is 326 g/mol. The molecular formula is C18H20ClN3O2. The van der Waals surface area contributed by atoms with Gasteiger partial charge >= 0.3 is 6.03 Å². The van der Waals surface area contributed by atoms with Crippen LogP contribution >= 0.6 is 11.6 Å². The summed E-state index contributed by atoms with van der Waals surface area (Å²) in [5.41, 5.74) is 2.99. The molecule has 0 aliphatic rings. The number of hydrogen-bond acceptors (Lipinski definition) is 2. The highest BCUT2D eigenvalue weighted by atomic mass is 35.5. The molecule has 0 heterocycles. The molecule has 3 amide bonds. The van der Waals surface area contributed by atoms with Gasteiger partial charge in [0.15, 0.2) is 0 Å². The van der Waals surface area contributed by atoms with Crippen LogP contribution in [-0.4, -0.2) is 18.5 Å². The fourth-order valence-electron chi connectivity index (χ4n) is 2.01. The first kappa shape index (κ1) is 17.8. The number of hydrogen-bond donors (Lipinski definition) is 3. The van der Waals surface area contributed by atoms with Crippen LogP contribution in [0, 0.1) is 6.92 Å². The minimum atomic E-state index is -0.386. The first-order valence-corrected chi connectivity index (χ1v) is 8.00. The van der Waals surface area contributed by atoms with Crippen LogP contribution in [0.4, 0.5) is 4.79 Å². The van der Waals surface area contributed by atoms with Crippen molar-refractivity contribution in [1.29, 1.82) is 0 Å². The summed E-state index contributed by atoms with van der Waals surface area (Å²) in [6.45, 7) is 2.65. The van der Waals surface area contributed by atoms with Gasteiger partial charge in [0.05, 0.1) is 6.54 Å². The lowest BCUT2D eigenvalue weighted by atomic mass is 10.1. The molecule has 3 N–H and O–H groups in total. The van der Waals surface area contributed by atoms with Crippen molar-refractivity contribution in [2.45, 2.75) is 20.0 Å². The van der Waals surface area contributed by atoms with E-state index in [1.807, 2.05) is 49.4 Å². The molecule has 0 aromatic heterocycles. The molecule has 0 aliphatic heterocycles. The normalized spacial score (nSPS) is 10.1. The SMILES string of the molecule is Cc1ccc(CNC(=O)NCC(=O)NCc2ccccc2Cl)cc1. The monoisotopic (exact) mass is 345 g/mol. The Labute approximate surface area is 146 Å². The maximum absolute atomic E-state index is 11.7. The first-order valence-electron chi connectivity index (χ1n) is 7.62. The molecule has 6 heteroatoms. The number of carbonyl (C=O) groups excluding carboxylic acids is 2. The van der Waals surface area contributed by atoms with E-state index in [9.17, 15) is 9.59 Å². The number of rotatable bonds is 6. The second kappa shape index (κ2) is 8.93. The van der Waals surface area contributed by atoms with Crippen LogP contribution in [0.1, 0.15) is 16.7 Å². The third-order valence-corrected chi connectivity index (χ3v) is 3.79. The van der Waals surface area contributed by atoms with Crippen molar-refractivity contribution < 1.29 is 9.59 Å². The molecule has 2 rings (SSSR count). The van der Waals surface area contributed by atoms with Gasteiger partial charge in [0.1, 0.15) is 0 Å². The van der Waals surface area contributed by atoms with Crippen LogP contribution < -0.4 is 16.0 Å². The van der Waals surface area contributed by atoms with E-state index >= 15 is 0 Å². The van der Waals surface area contributed by atoms with Crippen LogP contribution in [0.25, 0.3) is 0 Å². The largest absolute Gasteiger partial charge is 0.350 e. The summed E-state index contributed by atoms with van der Waals surface area (Å²) in [7, 11) is 0. The summed E-state index contributed by atoms with van der Waals surface area (Å²) in [6.07, 6.45) is 0. The maximum Gasteiger partial charge on any atom is 0.315 e. The van der Waals surface area contributed by atoms with Crippen LogP contribution in [0.2, 0.25) is 5.02 Å². The van der Waals surface area contributed by atoms with Gasteiger partial charge in [-0.1, -0.05) is 59.6 Å². The zero-order valence-corrected chi connectivity index (χ0v) is 14.2. The Morgan fingerprint density at radius 3 is 2.33 bits per heavy atom. The van der Waals surface area contributed by atoms with E-state index in [0.29, 0.717) is 18.1 Å². The Bertz CT molecular complexity index is 702. The van der Waals surface area contributed by atoms with Gasteiger partial charge in [-0.05, 0) is 24.1 Å². The minimum absolute atomic E-state index is 0.0931. The Hall–Kier alpha value is -2.53. The molecule has 0 spiro atoms. The number of carbonyl (C=O) groups is 2. The number of aryl methyl sites for hydroxylation is 1. The lowest BCUT2D eigenvalue weighted by Gasteiger charge is -2.09. The Morgan fingerprint density at radius 1 is 0.917 bits per heavy atom. The Morgan fingerprint density at radius 2 is 1.62 bits per heavy atom. The van der Waals surface area contributed by atoms with Crippen LogP contribution in [0.15, 0.2) is 48.5 Å². The third kappa shape index (κ3) is 5.93. The molecule has 0 bridgehead atoms. The van der Waals surface area contributed by atoms with E-state index in [1.54, 1.807) is 6.07 Å². The van der Waals surface area contributed by atoms with E-state index in [2.05, 4.69) is 16.0 Å². The number of nitrogens with one attached hydrogen (secondary N) is 3. The van der Waals surface area contributed by atoms with Gasteiger partial charge in [-0.3, -0.25) is 4.79 Å². The lowest BCUT2D eigenvalue weighted by Crippen LogP contribution is -2.41. The standard InChI is InChI=1S/C18H20ClN3O2/c1-13-6-8-14(9-7-13)10-21-18(24)22-12-17(23)20-11-15-4-2-3-5-16(15)19/h2-9H,10-12H2,1H3,(H,20,23)(H2,21,22,24). The third-order valence-electron chi connectivity index (χ3n) is 3.42. The van der Waals surface area contributed by atoms with Gasteiger partial charge < -0.3 is 16.0 Å². The molecule has 0 unspecified atom stereocenters. The van der Waals surface area contributed by atoms with Gasteiger partial charge in [-0.15, -0.1) is 0 Å². The number of amides is 3. The molecule has 0 fully saturated rings. The summed E-state index contributed by atoms with van der Waals surface area (Å²) in [5.74, 6) is -0.277. The highest BCUT2D eigenvalue weighted by Gasteiger charge is 2.06. The second-order valence-electron chi connectivity index (χ2n) is 5.39. The summed E-state index contributed by atoms with van der Waals surface area (Å²) in [6, 6.07) is 14.8. The fraction of sp³-hybridized carbons (Fsp3) is 0.222. The highest BCUT2D eigenvalue weighted by Crippen LogP contribution is 2.14. The van der Waals surface area contributed by atoms with E-state index in [-0.39, 0.29) is 18.5 Å². The predicted molar refractivity (Wildman–Crippen MR) is 94.7 cm³/mol. The average molecular weight is 346 g/mol. The van der Waals surface area contributed by atoms with Crippen molar-refractivity contribution in [2.75, 3.05) is 6.54 Å². The van der Waals surface area contributed by atoms with Gasteiger partial charge in [0.2, 0.25) is 5.91 Å². The Kier molecular flexibility index (Phi) is 6.63. The molecule has 2 aromatic carbocycles. The molecule has 0 atom stereocenters. The zero-order chi connectivity index (χ0) is 17.4. The van der Waals surface area contributed by atoms with Crippen LogP contribution in [0.3, 0.4) is 0 Å². The van der Waals surface area contributed by atoms with E-state index in [4.69, 9.17) is 11.6 Å². The summed E-state index contributed by atoms with van der Waals surface area (Å²) < 4.78 is 0. The predicted octanol–water partition coefficient (Wildman–Crippen LogP) is 2.76. The molecule has 24 heavy (non-hydrogen) atoms. The molecule has 0 aliphatic carbocycles. The maximum atomic E-state index is 11.7. The average Bonchev–Trinajstić information content (AvgIpc) is 2.58. The summed E-state index contributed by atoms with van der Waals surface area (Å²) in [4.78, 5) is 23.4. The molecule has 2 aromatic rings. The topological polar surface area (TPSA) is 70.2 Å². The van der Waals surface area contributed by atoms with Gasteiger partial charge in [0, 0.05) is 18.1 Å². The van der Waals surface area contributed by atoms with Crippen molar-refractivity contribution in [3.05, 3.63) is 70.2 Å². The van der Waals surface area contributed by atoms with E-state index < -0.39 is 0 Å². The van der Waals surface area contributed by atoms with E-state index in [0.717, 1.165) is 11.1 Å². The fourth-order valence-corrected chi connectivity index (χ4v) is 2.21. The molecule has 126 valence electrons. The smallest absolute Gasteiger partial charge is 0.315 e. The van der Waals surface area contributed by atoms with Crippen molar-refractivity contribution in [1.82, 2.24) is 16.0 Å².